The minimum Gasteiger partial charge on any atom is -0.481 e. The van der Waals surface area contributed by atoms with Crippen LogP contribution in [0.4, 0.5) is 0 Å². The molecule has 15 heteroatoms. The maximum atomic E-state index is 12.6. The van der Waals surface area contributed by atoms with E-state index in [-0.39, 0.29) is 37.9 Å². The lowest BCUT2D eigenvalue weighted by Gasteiger charge is -2.45. The van der Waals surface area contributed by atoms with Crippen molar-refractivity contribution in [2.45, 2.75) is 145 Å². The average Bonchev–Trinajstić information content (AvgIpc) is 3.03. The zero-order valence-corrected chi connectivity index (χ0v) is 29.3. The molecule has 0 spiro atoms. The quantitative estimate of drug-likeness (QED) is 0.185. The van der Waals surface area contributed by atoms with Crippen LogP contribution in [0.15, 0.2) is 48.6 Å². The van der Waals surface area contributed by atoms with Crippen molar-refractivity contribution < 1.29 is 69.1 Å². The van der Waals surface area contributed by atoms with E-state index in [1.54, 1.807) is 62.5 Å². The number of Topliss-reactive ketones (excluding diaryl/α,β-unsaturated/α-hetero) is 1. The van der Waals surface area contributed by atoms with Crippen LogP contribution in [0.2, 0.25) is 0 Å². The number of carbonyl (C=O) groups is 3. The summed E-state index contributed by atoms with van der Waals surface area (Å²) >= 11 is 0. The Morgan fingerprint density at radius 3 is 2.29 bits per heavy atom. The molecule has 2 bridgehead atoms. The van der Waals surface area contributed by atoms with E-state index in [0.717, 1.165) is 0 Å². The van der Waals surface area contributed by atoms with Gasteiger partial charge in [-0.3, -0.25) is 14.4 Å². The Morgan fingerprint density at radius 1 is 0.941 bits per heavy atom. The van der Waals surface area contributed by atoms with Crippen LogP contribution in [0.5, 0.6) is 0 Å². The average molecular weight is 726 g/mol. The van der Waals surface area contributed by atoms with Crippen molar-refractivity contribution in [2.75, 3.05) is 0 Å². The molecule has 0 aliphatic carbocycles. The number of cyclic esters (lactones) is 1. The van der Waals surface area contributed by atoms with Gasteiger partial charge in [-0.1, -0.05) is 48.6 Å². The van der Waals surface area contributed by atoms with E-state index >= 15 is 0 Å². The summed E-state index contributed by atoms with van der Waals surface area (Å²) in [6, 6.07) is -1.10. The summed E-state index contributed by atoms with van der Waals surface area (Å²) in [4.78, 5) is 37.4. The molecule has 2 fully saturated rings. The van der Waals surface area contributed by atoms with Crippen molar-refractivity contribution >= 4 is 17.7 Å². The summed E-state index contributed by atoms with van der Waals surface area (Å²) in [5, 5.41) is 74.5. The summed E-state index contributed by atoms with van der Waals surface area (Å²) in [5.74, 6) is -6.94. The van der Waals surface area contributed by atoms with Crippen LogP contribution in [0.1, 0.15) is 72.1 Å². The Labute approximate surface area is 298 Å². The number of carboxylic acids is 1. The standard InChI is InChI=1S/C36H55NO14/c1-20-12-9-7-5-4-6-8-10-15-25(50-35-32(43)30(37)31(42)22(3)49-35)17-28-29(33(44)45)27(41)19-36(47,51-28)18-24(39)14-11-13-23(38)16-26(40)21(2)34(46)48-20/h4-10,15,20-22,24-32,35,39-43,47H,11-14,16-19,37H2,1-3H3,(H,44,45). The molecule has 9 N–H and O–H groups in total. The van der Waals surface area contributed by atoms with Crippen LogP contribution in [0.3, 0.4) is 0 Å². The molecule has 2 saturated heterocycles. The summed E-state index contributed by atoms with van der Waals surface area (Å²) in [6.07, 6.45) is 0.978. The molecule has 14 unspecified atom stereocenters. The number of hydrogen-bond acceptors (Lipinski definition) is 14. The lowest BCUT2D eigenvalue weighted by atomic mass is 9.83. The number of ether oxygens (including phenoxy) is 4. The number of aliphatic carboxylic acids is 1. The molecule has 0 saturated carbocycles. The number of nitrogens with two attached hydrogens (primary N) is 1. The largest absolute Gasteiger partial charge is 0.481 e. The maximum Gasteiger partial charge on any atom is 0.311 e. The second kappa shape index (κ2) is 19.9. The predicted molar refractivity (Wildman–Crippen MR) is 181 cm³/mol. The predicted octanol–water partition coefficient (Wildman–Crippen LogP) is 0.533. The topological polar surface area (TPSA) is 256 Å². The van der Waals surface area contributed by atoms with Gasteiger partial charge in [-0.25, -0.2) is 0 Å². The maximum absolute atomic E-state index is 12.6. The second-order valence-corrected chi connectivity index (χ2v) is 13.8. The Hall–Kier alpha value is -2.83. The normalized spacial score (nSPS) is 41.6. The van der Waals surface area contributed by atoms with Gasteiger partial charge in [-0.05, 0) is 33.6 Å². The minimum absolute atomic E-state index is 0.0234. The number of ketones is 1. The molecule has 51 heavy (non-hydrogen) atoms. The van der Waals surface area contributed by atoms with E-state index in [0.29, 0.717) is 6.42 Å². The molecule has 0 aromatic carbocycles. The van der Waals surface area contributed by atoms with Gasteiger partial charge in [0.1, 0.15) is 23.9 Å². The molecule has 15 nitrogen and oxygen atoms in total. The van der Waals surface area contributed by atoms with Crippen molar-refractivity contribution in [2.24, 2.45) is 17.6 Å². The Balaban J connectivity index is 1.88. The van der Waals surface area contributed by atoms with E-state index in [1.807, 2.05) is 0 Å². The number of carboxylic acid groups (broad SMARTS) is 1. The fourth-order valence-electron chi connectivity index (χ4n) is 6.34. The van der Waals surface area contributed by atoms with E-state index in [2.05, 4.69) is 0 Å². The Kier molecular flexibility index (Phi) is 16.6. The molecular formula is C36H55NO14. The third-order valence-electron chi connectivity index (χ3n) is 9.41. The highest BCUT2D eigenvalue weighted by atomic mass is 16.7. The molecule has 0 aromatic heterocycles. The zero-order chi connectivity index (χ0) is 37.9. The summed E-state index contributed by atoms with van der Waals surface area (Å²) in [7, 11) is 0. The van der Waals surface area contributed by atoms with E-state index in [9.17, 15) is 50.1 Å². The highest BCUT2D eigenvalue weighted by molar-refractivity contribution is 5.80. The summed E-state index contributed by atoms with van der Waals surface area (Å²) in [6.45, 7) is 4.74. The first kappa shape index (κ1) is 42.6. The number of esters is 1. The van der Waals surface area contributed by atoms with Gasteiger partial charge in [0.05, 0.1) is 54.7 Å². The van der Waals surface area contributed by atoms with Crippen molar-refractivity contribution in [3.63, 3.8) is 0 Å². The fraction of sp³-hybridized carbons (Fsp3) is 0.694. The number of aliphatic hydroxyl groups is 6. The fourth-order valence-corrected chi connectivity index (χ4v) is 6.34. The van der Waals surface area contributed by atoms with Crippen molar-refractivity contribution in [1.82, 2.24) is 0 Å². The van der Waals surface area contributed by atoms with Crippen LogP contribution >= 0.6 is 0 Å². The third kappa shape index (κ3) is 13.0. The number of hydrogen-bond donors (Lipinski definition) is 8. The highest BCUT2D eigenvalue weighted by Gasteiger charge is 2.50. The number of fused-ring (bicyclic) bond motifs is 2. The van der Waals surface area contributed by atoms with E-state index in [4.69, 9.17) is 24.7 Å². The monoisotopic (exact) mass is 725 g/mol. The Bertz CT molecular complexity index is 1270. The zero-order valence-electron chi connectivity index (χ0n) is 29.3. The van der Waals surface area contributed by atoms with Crippen LogP contribution in [0, 0.1) is 11.8 Å². The van der Waals surface area contributed by atoms with Gasteiger partial charge in [0.2, 0.25) is 0 Å². The van der Waals surface area contributed by atoms with Gasteiger partial charge in [-0.15, -0.1) is 0 Å². The second-order valence-electron chi connectivity index (χ2n) is 13.8. The molecule has 0 amide bonds. The molecule has 3 heterocycles. The first-order chi connectivity index (χ1) is 24.0. The molecule has 3 rings (SSSR count). The van der Waals surface area contributed by atoms with Gasteiger partial charge in [-0.2, -0.15) is 0 Å². The molecule has 0 radical (unpaired) electrons. The molecule has 3 aliphatic rings. The highest BCUT2D eigenvalue weighted by Crippen LogP contribution is 2.38. The van der Waals surface area contributed by atoms with Gasteiger partial charge < -0.3 is 60.4 Å². The SMILES string of the molecule is CC1CC=CC=CC=CC=CC(OC2OC(C)C(O)C(N)C2O)CC2OC(O)(CC(O)CCCC(=O)CC(O)C(C)C(=O)O1)CC(O)C2C(=O)O. The molecular weight excluding hydrogens is 670 g/mol. The van der Waals surface area contributed by atoms with Gasteiger partial charge >= 0.3 is 11.9 Å². The van der Waals surface area contributed by atoms with Crippen molar-refractivity contribution in [3.05, 3.63) is 48.6 Å². The smallest absolute Gasteiger partial charge is 0.311 e. The molecule has 3 aliphatic heterocycles. The number of allylic oxidation sites excluding steroid dienone is 6. The van der Waals surface area contributed by atoms with Crippen LogP contribution < -0.4 is 5.73 Å². The lowest BCUT2D eigenvalue weighted by molar-refractivity contribution is -0.308. The number of aliphatic hydroxyl groups excluding tert-OH is 5. The van der Waals surface area contributed by atoms with Gasteiger partial charge in [0.25, 0.3) is 0 Å². The van der Waals surface area contributed by atoms with E-state index in [1.165, 1.54) is 6.92 Å². The lowest BCUT2D eigenvalue weighted by Crippen LogP contribution is -2.61. The van der Waals surface area contributed by atoms with Crippen molar-refractivity contribution in [3.8, 4) is 0 Å². The van der Waals surface area contributed by atoms with Crippen LogP contribution in [0.25, 0.3) is 0 Å². The van der Waals surface area contributed by atoms with Crippen LogP contribution in [-0.2, 0) is 33.3 Å². The minimum atomic E-state index is -2.15. The molecule has 288 valence electrons. The first-order valence-electron chi connectivity index (χ1n) is 17.5. The number of rotatable bonds is 3. The van der Waals surface area contributed by atoms with E-state index < -0.39 is 110 Å². The first-order valence-corrected chi connectivity index (χ1v) is 17.5. The molecule has 0 aromatic rings. The summed E-state index contributed by atoms with van der Waals surface area (Å²) < 4.78 is 23.0. The molecule has 14 atom stereocenters. The third-order valence-corrected chi connectivity index (χ3v) is 9.41. The van der Waals surface area contributed by atoms with Gasteiger partial charge in [0.15, 0.2) is 12.1 Å². The van der Waals surface area contributed by atoms with Crippen molar-refractivity contribution in [1.29, 1.82) is 0 Å². The Morgan fingerprint density at radius 2 is 1.61 bits per heavy atom. The van der Waals surface area contributed by atoms with Crippen LogP contribution in [-0.4, -0.2) is 127 Å². The summed E-state index contributed by atoms with van der Waals surface area (Å²) in [5.41, 5.74) is 5.98. The number of carbonyl (C=O) groups excluding carboxylic acids is 2. The van der Waals surface area contributed by atoms with Gasteiger partial charge in [0, 0.05) is 38.5 Å².